The van der Waals surface area contributed by atoms with Crippen LogP contribution in [0.1, 0.15) is 45.4 Å². The molecule has 0 bridgehead atoms. The maximum atomic E-state index is 6.20. The molecular formula is C16H21N3O2. The van der Waals surface area contributed by atoms with Gasteiger partial charge in [-0.3, -0.25) is 0 Å². The Morgan fingerprint density at radius 2 is 2.05 bits per heavy atom. The summed E-state index contributed by atoms with van der Waals surface area (Å²) in [6, 6.07) is 7.71. The minimum absolute atomic E-state index is 0.210. The predicted molar refractivity (Wildman–Crippen MR) is 79.8 cm³/mol. The second-order valence-electron chi connectivity index (χ2n) is 5.79. The summed E-state index contributed by atoms with van der Waals surface area (Å²) in [6.07, 6.45) is 4.16. The summed E-state index contributed by atoms with van der Waals surface area (Å²) >= 11 is 0. The molecule has 5 nitrogen and oxygen atoms in total. The number of aromatic nitrogens is 2. The number of benzene rings is 1. The van der Waals surface area contributed by atoms with E-state index >= 15 is 0 Å². The zero-order chi connectivity index (χ0) is 14.9. The predicted octanol–water partition coefficient (Wildman–Crippen LogP) is 3.25. The van der Waals surface area contributed by atoms with Crippen LogP contribution in [-0.2, 0) is 5.54 Å². The Balaban J connectivity index is 1.75. The van der Waals surface area contributed by atoms with Crippen molar-refractivity contribution < 1.29 is 9.26 Å². The largest absolute Gasteiger partial charge is 0.491 e. The first-order valence-corrected chi connectivity index (χ1v) is 7.51. The van der Waals surface area contributed by atoms with Gasteiger partial charge in [0.15, 0.2) is 5.82 Å². The Morgan fingerprint density at radius 3 is 2.62 bits per heavy atom. The third kappa shape index (κ3) is 2.78. The van der Waals surface area contributed by atoms with E-state index in [4.69, 9.17) is 15.0 Å². The van der Waals surface area contributed by atoms with Crippen LogP contribution >= 0.6 is 0 Å². The second kappa shape index (κ2) is 5.48. The lowest BCUT2D eigenvalue weighted by Gasteiger charge is -2.34. The summed E-state index contributed by atoms with van der Waals surface area (Å²) in [5.41, 5.74) is 6.70. The number of nitrogens with two attached hydrogens (primary N) is 1. The molecule has 1 saturated carbocycles. The van der Waals surface area contributed by atoms with Crippen molar-refractivity contribution in [2.24, 2.45) is 5.73 Å². The molecule has 1 heterocycles. The van der Waals surface area contributed by atoms with Gasteiger partial charge >= 0.3 is 0 Å². The van der Waals surface area contributed by atoms with E-state index in [1.807, 2.05) is 24.3 Å². The van der Waals surface area contributed by atoms with Crippen LogP contribution in [0.25, 0.3) is 11.5 Å². The summed E-state index contributed by atoms with van der Waals surface area (Å²) in [6.45, 7) is 4.15. The summed E-state index contributed by atoms with van der Waals surface area (Å²) in [5, 5.41) is 4.03. The second-order valence-corrected chi connectivity index (χ2v) is 5.79. The first kappa shape index (κ1) is 14.1. The van der Waals surface area contributed by atoms with Crippen LogP contribution in [0.5, 0.6) is 5.75 Å². The fourth-order valence-corrected chi connectivity index (χ4v) is 2.32. The van der Waals surface area contributed by atoms with Crippen LogP contribution in [-0.4, -0.2) is 16.2 Å². The summed E-state index contributed by atoms with van der Waals surface area (Å²) in [7, 11) is 0. The Hall–Kier alpha value is -1.88. The normalized spacial score (nSPS) is 18.0. The minimum atomic E-state index is -0.388. The van der Waals surface area contributed by atoms with Crippen LogP contribution in [0.15, 0.2) is 28.8 Å². The van der Waals surface area contributed by atoms with Crippen molar-refractivity contribution in [3.63, 3.8) is 0 Å². The molecule has 21 heavy (non-hydrogen) atoms. The van der Waals surface area contributed by atoms with Crippen molar-refractivity contribution in [1.82, 2.24) is 10.1 Å². The molecule has 2 aromatic rings. The van der Waals surface area contributed by atoms with Gasteiger partial charge in [-0.2, -0.15) is 4.98 Å². The molecule has 1 atom stereocenters. The standard InChI is InChI=1S/C16H21N3O2/c1-3-11(2)20-13-7-5-12(6-8-13)14-18-15(19-21-14)16(17)9-4-10-16/h5-8,11H,3-4,9-10,17H2,1-2H3. The van der Waals surface area contributed by atoms with Gasteiger partial charge in [-0.25, -0.2) is 0 Å². The highest BCUT2D eigenvalue weighted by molar-refractivity contribution is 5.54. The number of rotatable bonds is 5. The van der Waals surface area contributed by atoms with E-state index in [0.29, 0.717) is 11.7 Å². The number of ether oxygens (including phenoxy) is 1. The molecule has 5 heteroatoms. The molecule has 1 aliphatic carbocycles. The zero-order valence-corrected chi connectivity index (χ0v) is 12.5. The molecule has 0 radical (unpaired) electrons. The number of nitrogens with zero attached hydrogens (tertiary/aromatic N) is 2. The molecular weight excluding hydrogens is 266 g/mol. The fraction of sp³-hybridized carbons (Fsp3) is 0.500. The van der Waals surface area contributed by atoms with Crippen molar-refractivity contribution in [2.45, 2.75) is 51.2 Å². The van der Waals surface area contributed by atoms with Crippen LogP contribution in [0, 0.1) is 0 Å². The quantitative estimate of drug-likeness (QED) is 0.913. The van der Waals surface area contributed by atoms with Crippen molar-refractivity contribution in [2.75, 3.05) is 0 Å². The molecule has 1 aromatic carbocycles. The molecule has 0 spiro atoms. The summed E-state index contributed by atoms with van der Waals surface area (Å²) in [5.74, 6) is 1.97. The molecule has 2 N–H and O–H groups in total. The Morgan fingerprint density at radius 1 is 1.33 bits per heavy atom. The highest BCUT2D eigenvalue weighted by Crippen LogP contribution is 2.37. The average molecular weight is 287 g/mol. The van der Waals surface area contributed by atoms with E-state index < -0.39 is 0 Å². The van der Waals surface area contributed by atoms with Crippen LogP contribution < -0.4 is 10.5 Å². The van der Waals surface area contributed by atoms with E-state index in [1.165, 1.54) is 0 Å². The van der Waals surface area contributed by atoms with Crippen molar-refractivity contribution in [3.05, 3.63) is 30.1 Å². The lowest BCUT2D eigenvalue weighted by atomic mass is 9.77. The number of hydrogen-bond acceptors (Lipinski definition) is 5. The van der Waals surface area contributed by atoms with Gasteiger partial charge in [0.2, 0.25) is 0 Å². The van der Waals surface area contributed by atoms with E-state index in [0.717, 1.165) is 37.0 Å². The average Bonchev–Trinajstić information content (AvgIpc) is 2.95. The van der Waals surface area contributed by atoms with Crippen LogP contribution in [0.4, 0.5) is 0 Å². The van der Waals surface area contributed by atoms with E-state index in [1.54, 1.807) is 0 Å². The summed E-state index contributed by atoms with van der Waals surface area (Å²) in [4.78, 5) is 4.44. The molecule has 0 aliphatic heterocycles. The number of hydrogen-bond donors (Lipinski definition) is 1. The zero-order valence-electron chi connectivity index (χ0n) is 12.5. The maximum absolute atomic E-state index is 6.20. The van der Waals surface area contributed by atoms with Gasteiger partial charge < -0.3 is 15.0 Å². The maximum Gasteiger partial charge on any atom is 0.257 e. The van der Waals surface area contributed by atoms with Crippen molar-refractivity contribution in [1.29, 1.82) is 0 Å². The van der Waals surface area contributed by atoms with Gasteiger partial charge in [0, 0.05) is 5.56 Å². The minimum Gasteiger partial charge on any atom is -0.491 e. The molecule has 1 aliphatic rings. The Labute approximate surface area is 124 Å². The first-order chi connectivity index (χ1) is 10.1. The highest BCUT2D eigenvalue weighted by atomic mass is 16.5. The molecule has 1 fully saturated rings. The third-order valence-corrected chi connectivity index (χ3v) is 4.13. The topological polar surface area (TPSA) is 74.2 Å². The molecule has 1 unspecified atom stereocenters. The molecule has 112 valence electrons. The Bertz CT molecular complexity index is 602. The van der Waals surface area contributed by atoms with Crippen LogP contribution in [0.2, 0.25) is 0 Å². The highest BCUT2D eigenvalue weighted by Gasteiger charge is 2.39. The van der Waals surface area contributed by atoms with Gasteiger partial charge in [-0.05, 0) is 56.9 Å². The lowest BCUT2D eigenvalue weighted by Crippen LogP contribution is -2.44. The van der Waals surface area contributed by atoms with Crippen molar-refractivity contribution >= 4 is 0 Å². The molecule has 0 saturated heterocycles. The van der Waals surface area contributed by atoms with E-state index in [2.05, 4.69) is 24.0 Å². The van der Waals surface area contributed by atoms with Crippen LogP contribution in [0.3, 0.4) is 0 Å². The third-order valence-electron chi connectivity index (χ3n) is 4.13. The summed E-state index contributed by atoms with van der Waals surface area (Å²) < 4.78 is 11.1. The van der Waals surface area contributed by atoms with Gasteiger partial charge in [-0.15, -0.1) is 0 Å². The molecule has 0 amide bonds. The fourth-order valence-electron chi connectivity index (χ4n) is 2.32. The van der Waals surface area contributed by atoms with E-state index in [-0.39, 0.29) is 11.6 Å². The lowest BCUT2D eigenvalue weighted by molar-refractivity contribution is 0.217. The molecule has 1 aromatic heterocycles. The Kier molecular flexibility index (Phi) is 3.68. The van der Waals surface area contributed by atoms with Gasteiger partial charge in [0.1, 0.15) is 5.75 Å². The van der Waals surface area contributed by atoms with Gasteiger partial charge in [-0.1, -0.05) is 12.1 Å². The van der Waals surface area contributed by atoms with Gasteiger partial charge in [0.25, 0.3) is 5.89 Å². The van der Waals surface area contributed by atoms with Gasteiger partial charge in [0.05, 0.1) is 11.6 Å². The van der Waals surface area contributed by atoms with Crippen molar-refractivity contribution in [3.8, 4) is 17.2 Å². The SMILES string of the molecule is CCC(C)Oc1ccc(-c2nc(C3(N)CCC3)no2)cc1. The monoisotopic (exact) mass is 287 g/mol. The van der Waals surface area contributed by atoms with E-state index in [9.17, 15) is 0 Å². The molecule has 3 rings (SSSR count). The smallest absolute Gasteiger partial charge is 0.257 e. The first-order valence-electron chi connectivity index (χ1n) is 7.51.